The number of carbonyl (C=O) groups is 1. The van der Waals surface area contributed by atoms with Crippen molar-refractivity contribution in [2.24, 2.45) is 0 Å². The van der Waals surface area contributed by atoms with Gasteiger partial charge in [0.25, 0.3) is 5.22 Å². The van der Waals surface area contributed by atoms with Crippen LogP contribution < -0.4 is 10.1 Å². The fourth-order valence-electron chi connectivity index (χ4n) is 2.14. The fourth-order valence-corrected chi connectivity index (χ4v) is 3.13. The zero-order valence-corrected chi connectivity index (χ0v) is 16.0. The van der Waals surface area contributed by atoms with Crippen molar-refractivity contribution in [3.63, 3.8) is 0 Å². The summed E-state index contributed by atoms with van der Waals surface area (Å²) in [6.45, 7) is 0. The molecule has 0 spiro atoms. The zero-order chi connectivity index (χ0) is 18.5. The Morgan fingerprint density at radius 1 is 1.23 bits per heavy atom. The predicted octanol–water partition coefficient (Wildman–Crippen LogP) is 5.39. The minimum absolute atomic E-state index is 0.157. The first-order chi connectivity index (χ1) is 12.5. The Kier molecular flexibility index (Phi) is 6.08. The minimum Gasteiger partial charge on any atom is -0.495 e. The van der Waals surface area contributed by atoms with E-state index in [0.717, 1.165) is 5.56 Å². The summed E-state index contributed by atoms with van der Waals surface area (Å²) in [5, 5.41) is 4.26. The van der Waals surface area contributed by atoms with E-state index in [1.165, 1.54) is 18.9 Å². The third-order valence-electron chi connectivity index (χ3n) is 3.38. The summed E-state index contributed by atoms with van der Waals surface area (Å²) in [6.07, 6.45) is 1.62. The van der Waals surface area contributed by atoms with Crippen LogP contribution in [0.1, 0.15) is 0 Å². The Morgan fingerprint density at radius 2 is 2.00 bits per heavy atom. The van der Waals surface area contributed by atoms with Crippen molar-refractivity contribution in [2.75, 3.05) is 18.2 Å². The first kappa shape index (κ1) is 18.6. The molecule has 0 saturated heterocycles. The molecule has 5 nitrogen and oxygen atoms in total. The van der Waals surface area contributed by atoms with E-state index in [2.05, 4.69) is 10.3 Å². The highest BCUT2D eigenvalue weighted by Gasteiger charge is 2.11. The van der Waals surface area contributed by atoms with Crippen molar-refractivity contribution < 1.29 is 13.9 Å². The third-order valence-corrected chi connectivity index (χ3v) is 4.77. The first-order valence-corrected chi connectivity index (χ1v) is 9.27. The predicted molar refractivity (Wildman–Crippen MR) is 104 cm³/mol. The molecule has 0 aliphatic carbocycles. The van der Waals surface area contributed by atoms with Crippen LogP contribution in [0.25, 0.3) is 11.3 Å². The number of anilines is 1. The number of oxazole rings is 1. The normalized spacial score (nSPS) is 10.6. The van der Waals surface area contributed by atoms with Gasteiger partial charge < -0.3 is 14.5 Å². The molecule has 1 aromatic heterocycles. The van der Waals surface area contributed by atoms with Gasteiger partial charge in [0.05, 0.1) is 24.1 Å². The van der Waals surface area contributed by atoms with Gasteiger partial charge in [0.1, 0.15) is 5.75 Å². The molecular formula is C18H14Cl2N2O3S. The second-order valence-corrected chi connectivity index (χ2v) is 6.95. The number of nitrogens with one attached hydrogen (secondary N) is 1. The number of aromatic nitrogens is 1. The summed E-state index contributed by atoms with van der Waals surface area (Å²) in [4.78, 5) is 16.3. The van der Waals surface area contributed by atoms with Crippen LogP contribution in [0.3, 0.4) is 0 Å². The zero-order valence-electron chi connectivity index (χ0n) is 13.7. The Labute approximate surface area is 164 Å². The van der Waals surface area contributed by atoms with Crippen molar-refractivity contribution >= 4 is 46.6 Å². The van der Waals surface area contributed by atoms with E-state index < -0.39 is 0 Å². The van der Waals surface area contributed by atoms with E-state index in [1.807, 2.05) is 12.1 Å². The number of halogens is 2. The maximum atomic E-state index is 12.1. The summed E-state index contributed by atoms with van der Waals surface area (Å²) in [7, 11) is 1.53. The molecular weight excluding hydrogens is 395 g/mol. The highest BCUT2D eigenvalue weighted by atomic mass is 35.5. The van der Waals surface area contributed by atoms with Crippen LogP contribution in [0.15, 0.2) is 58.3 Å². The minimum atomic E-state index is -0.192. The fraction of sp³-hybridized carbons (Fsp3) is 0.111. The SMILES string of the molecule is COc1ccc(NC(=O)CSc2ncc(-c3ccc(Cl)cc3)o2)cc1Cl. The van der Waals surface area contributed by atoms with Gasteiger partial charge in [-0.15, -0.1) is 0 Å². The monoisotopic (exact) mass is 408 g/mol. The van der Waals surface area contributed by atoms with Gasteiger partial charge in [0.15, 0.2) is 5.76 Å². The van der Waals surface area contributed by atoms with Gasteiger partial charge in [-0.25, -0.2) is 4.98 Å². The number of hydrogen-bond donors (Lipinski definition) is 1. The third kappa shape index (κ3) is 4.72. The van der Waals surface area contributed by atoms with Gasteiger partial charge in [-0.1, -0.05) is 35.0 Å². The van der Waals surface area contributed by atoms with Crippen molar-refractivity contribution in [1.29, 1.82) is 0 Å². The molecule has 26 heavy (non-hydrogen) atoms. The summed E-state index contributed by atoms with van der Waals surface area (Å²) in [5.74, 6) is 1.13. The molecule has 0 aliphatic rings. The van der Waals surface area contributed by atoms with E-state index in [1.54, 1.807) is 36.5 Å². The Bertz CT molecular complexity index is 913. The largest absolute Gasteiger partial charge is 0.495 e. The molecule has 8 heteroatoms. The number of amides is 1. The Hall–Kier alpha value is -2.15. The quantitative estimate of drug-likeness (QED) is 0.554. The first-order valence-electron chi connectivity index (χ1n) is 7.53. The van der Waals surface area contributed by atoms with E-state index >= 15 is 0 Å². The lowest BCUT2D eigenvalue weighted by molar-refractivity contribution is -0.113. The molecule has 0 fully saturated rings. The number of benzene rings is 2. The molecule has 1 N–H and O–H groups in total. The second-order valence-electron chi connectivity index (χ2n) is 5.18. The lowest BCUT2D eigenvalue weighted by Crippen LogP contribution is -2.13. The Morgan fingerprint density at radius 3 is 2.69 bits per heavy atom. The van der Waals surface area contributed by atoms with Gasteiger partial charge in [0.2, 0.25) is 5.91 Å². The van der Waals surface area contributed by atoms with E-state index in [9.17, 15) is 4.79 Å². The molecule has 0 aliphatic heterocycles. The number of rotatable bonds is 6. The van der Waals surface area contributed by atoms with Crippen LogP contribution in [0, 0.1) is 0 Å². The number of carbonyl (C=O) groups excluding carboxylic acids is 1. The Balaban J connectivity index is 1.56. The molecule has 0 atom stereocenters. The summed E-state index contributed by atoms with van der Waals surface area (Å²) >= 11 is 13.1. The van der Waals surface area contributed by atoms with E-state index in [4.69, 9.17) is 32.4 Å². The average Bonchev–Trinajstić information content (AvgIpc) is 3.10. The van der Waals surface area contributed by atoms with Crippen LogP contribution in [-0.4, -0.2) is 23.8 Å². The van der Waals surface area contributed by atoms with Crippen LogP contribution >= 0.6 is 35.0 Å². The number of thioether (sulfide) groups is 1. The van der Waals surface area contributed by atoms with Gasteiger partial charge in [-0.2, -0.15) is 0 Å². The van der Waals surface area contributed by atoms with E-state index in [0.29, 0.717) is 32.5 Å². The lowest BCUT2D eigenvalue weighted by atomic mass is 10.2. The number of nitrogens with zero attached hydrogens (tertiary/aromatic N) is 1. The summed E-state index contributed by atoms with van der Waals surface area (Å²) < 4.78 is 10.7. The highest BCUT2D eigenvalue weighted by Crippen LogP contribution is 2.28. The molecule has 3 rings (SSSR count). The van der Waals surface area contributed by atoms with Crippen molar-refractivity contribution in [3.05, 3.63) is 58.7 Å². The van der Waals surface area contributed by atoms with Crippen LogP contribution in [0.2, 0.25) is 10.0 Å². The maximum Gasteiger partial charge on any atom is 0.256 e. The van der Waals surface area contributed by atoms with Crippen molar-refractivity contribution in [2.45, 2.75) is 5.22 Å². The molecule has 0 bridgehead atoms. The molecule has 0 radical (unpaired) electrons. The topological polar surface area (TPSA) is 64.4 Å². The molecule has 0 unspecified atom stereocenters. The smallest absolute Gasteiger partial charge is 0.256 e. The molecule has 3 aromatic rings. The van der Waals surface area contributed by atoms with Crippen LogP contribution in [-0.2, 0) is 4.79 Å². The average molecular weight is 409 g/mol. The van der Waals surface area contributed by atoms with E-state index in [-0.39, 0.29) is 11.7 Å². The highest BCUT2D eigenvalue weighted by molar-refractivity contribution is 7.99. The summed E-state index contributed by atoms with van der Waals surface area (Å²) in [5.41, 5.74) is 1.46. The number of methoxy groups -OCH3 is 1. The van der Waals surface area contributed by atoms with Crippen LogP contribution in [0.4, 0.5) is 5.69 Å². The molecule has 1 amide bonds. The van der Waals surface area contributed by atoms with Gasteiger partial charge in [-0.3, -0.25) is 4.79 Å². The molecule has 2 aromatic carbocycles. The van der Waals surface area contributed by atoms with Crippen molar-refractivity contribution in [1.82, 2.24) is 4.98 Å². The lowest BCUT2D eigenvalue weighted by Gasteiger charge is -2.07. The van der Waals surface area contributed by atoms with Gasteiger partial charge >= 0.3 is 0 Å². The molecule has 1 heterocycles. The standard InChI is InChI=1S/C18H14Cl2N2O3S/c1-24-15-7-6-13(8-14(15)20)22-17(23)10-26-18-21-9-16(25-18)11-2-4-12(19)5-3-11/h2-9H,10H2,1H3,(H,22,23). The second kappa shape index (κ2) is 8.49. The maximum absolute atomic E-state index is 12.1. The number of ether oxygens (including phenoxy) is 1. The van der Waals surface area contributed by atoms with Crippen LogP contribution in [0.5, 0.6) is 5.75 Å². The van der Waals surface area contributed by atoms with Gasteiger partial charge in [0, 0.05) is 16.3 Å². The molecule has 0 saturated carbocycles. The summed E-state index contributed by atoms with van der Waals surface area (Å²) in [6, 6.07) is 12.3. The molecule has 134 valence electrons. The van der Waals surface area contributed by atoms with Gasteiger partial charge in [-0.05, 0) is 42.5 Å². The van der Waals surface area contributed by atoms with Crippen molar-refractivity contribution in [3.8, 4) is 17.1 Å². The number of hydrogen-bond acceptors (Lipinski definition) is 5.